The molecule has 1 saturated heterocycles. The van der Waals surface area contributed by atoms with Crippen LogP contribution in [0.25, 0.3) is 11.1 Å². The Morgan fingerprint density at radius 1 is 1.17 bits per heavy atom. The Morgan fingerprint density at radius 3 is 2.90 bits per heavy atom. The van der Waals surface area contributed by atoms with Crippen LogP contribution in [-0.2, 0) is 9.53 Å². The van der Waals surface area contributed by atoms with Gasteiger partial charge >= 0.3 is 0 Å². The molecule has 1 saturated carbocycles. The van der Waals surface area contributed by atoms with Gasteiger partial charge in [-0.3, -0.25) is 9.69 Å². The second kappa shape index (κ2) is 10.2. The summed E-state index contributed by atoms with van der Waals surface area (Å²) in [6.07, 6.45) is 9.77. The van der Waals surface area contributed by atoms with Gasteiger partial charge < -0.3 is 14.5 Å². The third-order valence-electron chi connectivity index (χ3n) is 6.08. The lowest BCUT2D eigenvalue weighted by Crippen LogP contribution is -2.42. The lowest BCUT2D eigenvalue weighted by atomic mass is 9.98. The Morgan fingerprint density at radius 2 is 2.03 bits per heavy atom. The number of nitrogens with one attached hydrogen (secondary N) is 1. The predicted molar refractivity (Wildman–Crippen MR) is 113 cm³/mol. The van der Waals surface area contributed by atoms with Crippen LogP contribution in [0.15, 0.2) is 28.7 Å². The van der Waals surface area contributed by atoms with Gasteiger partial charge in [0.15, 0.2) is 11.5 Å². The van der Waals surface area contributed by atoms with E-state index >= 15 is 0 Å². The number of rotatable bonds is 8. The molecule has 2 fully saturated rings. The van der Waals surface area contributed by atoms with Crippen LogP contribution in [0.3, 0.4) is 0 Å². The largest absolute Gasteiger partial charge is 0.440 e. The van der Waals surface area contributed by atoms with Gasteiger partial charge in [0.25, 0.3) is 0 Å². The first-order valence-electron chi connectivity index (χ1n) is 11.2. The summed E-state index contributed by atoms with van der Waals surface area (Å²) in [6.45, 7) is 3.66. The monoisotopic (exact) mass is 399 g/mol. The molecule has 2 aromatic rings. The Kier molecular flexibility index (Phi) is 7.17. The SMILES string of the molecule is O=C(CN1CCCC(c2nc3ccccc3o2)C1)NCCCOC1CCCCC1. The zero-order valence-electron chi connectivity index (χ0n) is 17.3. The van der Waals surface area contributed by atoms with Crippen LogP contribution in [0.1, 0.15) is 63.2 Å². The molecule has 1 N–H and O–H groups in total. The number of para-hydroxylation sites is 2. The predicted octanol–water partition coefficient (Wildman–Crippen LogP) is 3.86. The van der Waals surface area contributed by atoms with E-state index in [9.17, 15) is 4.79 Å². The maximum atomic E-state index is 12.3. The van der Waals surface area contributed by atoms with Crippen LogP contribution in [-0.4, -0.2) is 54.7 Å². The summed E-state index contributed by atoms with van der Waals surface area (Å²) in [5.41, 5.74) is 1.75. The number of carbonyl (C=O) groups excluding carboxylic acids is 1. The fourth-order valence-electron chi connectivity index (χ4n) is 4.51. The maximum absolute atomic E-state index is 12.3. The molecule has 0 spiro atoms. The molecular weight excluding hydrogens is 366 g/mol. The van der Waals surface area contributed by atoms with E-state index in [0.29, 0.717) is 19.2 Å². The summed E-state index contributed by atoms with van der Waals surface area (Å²) in [7, 11) is 0. The Hall–Kier alpha value is -1.92. The summed E-state index contributed by atoms with van der Waals surface area (Å²) >= 11 is 0. The number of likely N-dealkylation sites (tertiary alicyclic amines) is 1. The summed E-state index contributed by atoms with van der Waals surface area (Å²) in [4.78, 5) is 19.2. The number of amides is 1. The summed E-state index contributed by atoms with van der Waals surface area (Å²) in [6, 6.07) is 7.88. The number of hydrogen-bond donors (Lipinski definition) is 1. The van der Waals surface area contributed by atoms with E-state index in [0.717, 1.165) is 55.9 Å². The molecule has 2 aliphatic rings. The van der Waals surface area contributed by atoms with Crippen molar-refractivity contribution in [3.8, 4) is 0 Å². The van der Waals surface area contributed by atoms with Crippen molar-refractivity contribution in [1.82, 2.24) is 15.2 Å². The quantitative estimate of drug-likeness (QED) is 0.683. The molecule has 6 nitrogen and oxygen atoms in total. The number of benzene rings is 1. The minimum atomic E-state index is 0.0980. The van der Waals surface area contributed by atoms with E-state index in [1.54, 1.807) is 0 Å². The normalized spacial score (nSPS) is 21.4. The van der Waals surface area contributed by atoms with Crippen LogP contribution in [0.2, 0.25) is 0 Å². The summed E-state index contributed by atoms with van der Waals surface area (Å²) in [5, 5.41) is 3.04. The highest BCUT2D eigenvalue weighted by Crippen LogP contribution is 2.28. The van der Waals surface area contributed by atoms with Crippen LogP contribution in [0.4, 0.5) is 0 Å². The number of hydrogen-bond acceptors (Lipinski definition) is 5. The number of aromatic nitrogens is 1. The second-order valence-electron chi connectivity index (χ2n) is 8.43. The molecule has 1 atom stereocenters. The van der Waals surface area contributed by atoms with Gasteiger partial charge in [-0.1, -0.05) is 31.4 Å². The van der Waals surface area contributed by atoms with E-state index in [2.05, 4.69) is 15.2 Å². The summed E-state index contributed by atoms with van der Waals surface area (Å²) < 4.78 is 11.9. The Bertz CT molecular complexity index is 752. The number of oxazole rings is 1. The van der Waals surface area contributed by atoms with E-state index in [1.807, 2.05) is 24.3 Å². The van der Waals surface area contributed by atoms with Crippen molar-refractivity contribution < 1.29 is 13.9 Å². The second-order valence-corrected chi connectivity index (χ2v) is 8.43. The van der Waals surface area contributed by atoms with Crippen LogP contribution in [0, 0.1) is 0 Å². The molecule has 1 aromatic carbocycles. The van der Waals surface area contributed by atoms with Crippen molar-refractivity contribution >= 4 is 17.0 Å². The van der Waals surface area contributed by atoms with Gasteiger partial charge in [0, 0.05) is 25.6 Å². The van der Waals surface area contributed by atoms with Crippen molar-refractivity contribution in [3.63, 3.8) is 0 Å². The molecule has 1 aromatic heterocycles. The number of fused-ring (bicyclic) bond motifs is 1. The lowest BCUT2D eigenvalue weighted by Gasteiger charge is -2.30. The Balaban J connectivity index is 1.16. The first-order chi connectivity index (χ1) is 14.3. The van der Waals surface area contributed by atoms with Gasteiger partial charge in [0.1, 0.15) is 5.52 Å². The van der Waals surface area contributed by atoms with Gasteiger partial charge in [0.05, 0.1) is 12.6 Å². The molecule has 0 radical (unpaired) electrons. The average molecular weight is 400 g/mol. The molecule has 158 valence electrons. The van der Waals surface area contributed by atoms with Crippen LogP contribution >= 0.6 is 0 Å². The van der Waals surface area contributed by atoms with Crippen molar-refractivity contribution in [1.29, 1.82) is 0 Å². The van der Waals surface area contributed by atoms with Crippen molar-refractivity contribution in [2.75, 3.05) is 32.8 Å². The van der Waals surface area contributed by atoms with E-state index < -0.39 is 0 Å². The highest BCUT2D eigenvalue weighted by molar-refractivity contribution is 5.78. The number of nitrogens with zero attached hydrogens (tertiary/aromatic N) is 2. The molecular formula is C23H33N3O3. The number of piperidine rings is 1. The minimum absolute atomic E-state index is 0.0980. The average Bonchev–Trinajstić information content (AvgIpc) is 3.19. The number of carbonyl (C=O) groups is 1. The fourth-order valence-corrected chi connectivity index (χ4v) is 4.51. The summed E-state index contributed by atoms with van der Waals surface area (Å²) in [5.74, 6) is 1.16. The van der Waals surface area contributed by atoms with Gasteiger partial charge in [-0.25, -0.2) is 4.98 Å². The van der Waals surface area contributed by atoms with Crippen molar-refractivity contribution in [3.05, 3.63) is 30.2 Å². The highest BCUT2D eigenvalue weighted by Gasteiger charge is 2.26. The first kappa shape index (κ1) is 20.4. The number of ether oxygens (including phenoxy) is 1. The van der Waals surface area contributed by atoms with E-state index in [1.165, 1.54) is 32.1 Å². The zero-order valence-corrected chi connectivity index (χ0v) is 17.3. The van der Waals surface area contributed by atoms with Gasteiger partial charge in [-0.2, -0.15) is 0 Å². The fraction of sp³-hybridized carbons (Fsp3) is 0.652. The van der Waals surface area contributed by atoms with Crippen LogP contribution in [0.5, 0.6) is 0 Å². The Labute approximate surface area is 173 Å². The maximum Gasteiger partial charge on any atom is 0.234 e. The first-order valence-corrected chi connectivity index (χ1v) is 11.2. The molecule has 1 aliphatic carbocycles. The standard InChI is InChI=1S/C23H33N3O3/c27-22(24-13-7-15-28-19-9-2-1-3-10-19)17-26-14-6-8-18(16-26)23-25-20-11-4-5-12-21(20)29-23/h4-5,11-12,18-19H,1-3,6-10,13-17H2,(H,24,27). The minimum Gasteiger partial charge on any atom is -0.440 e. The molecule has 4 rings (SSSR count). The third-order valence-corrected chi connectivity index (χ3v) is 6.08. The smallest absolute Gasteiger partial charge is 0.234 e. The molecule has 0 bridgehead atoms. The van der Waals surface area contributed by atoms with Crippen molar-refractivity contribution in [2.24, 2.45) is 0 Å². The zero-order chi connectivity index (χ0) is 19.9. The molecule has 1 unspecified atom stereocenters. The third kappa shape index (κ3) is 5.80. The van der Waals surface area contributed by atoms with Crippen molar-refractivity contribution in [2.45, 2.75) is 63.4 Å². The molecule has 1 amide bonds. The highest BCUT2D eigenvalue weighted by atomic mass is 16.5. The topological polar surface area (TPSA) is 67.6 Å². The van der Waals surface area contributed by atoms with Crippen LogP contribution < -0.4 is 5.32 Å². The van der Waals surface area contributed by atoms with Gasteiger partial charge in [-0.05, 0) is 50.8 Å². The molecule has 1 aliphatic heterocycles. The lowest BCUT2D eigenvalue weighted by molar-refractivity contribution is -0.122. The van der Waals surface area contributed by atoms with Gasteiger partial charge in [-0.15, -0.1) is 0 Å². The van der Waals surface area contributed by atoms with Gasteiger partial charge in [0.2, 0.25) is 5.91 Å². The molecule has 2 heterocycles. The van der Waals surface area contributed by atoms with E-state index in [4.69, 9.17) is 9.15 Å². The molecule has 6 heteroatoms. The van der Waals surface area contributed by atoms with E-state index in [-0.39, 0.29) is 11.8 Å². The molecule has 29 heavy (non-hydrogen) atoms.